The molecule has 0 atom stereocenters. The van der Waals surface area contributed by atoms with Gasteiger partial charge in [-0.25, -0.2) is 9.97 Å². The molecule has 202 valence electrons. The Morgan fingerprint density at radius 3 is 2.46 bits per heavy atom. The summed E-state index contributed by atoms with van der Waals surface area (Å²) in [6.07, 6.45) is -5.03. The Hall–Kier alpha value is -4.68. The number of halogens is 6. The van der Waals surface area contributed by atoms with Crippen molar-refractivity contribution in [3.8, 4) is 17.0 Å². The van der Waals surface area contributed by atoms with Crippen LogP contribution < -0.4 is 15.4 Å². The Morgan fingerprint density at radius 2 is 1.77 bits per heavy atom. The van der Waals surface area contributed by atoms with Gasteiger partial charge < -0.3 is 15.4 Å². The summed E-state index contributed by atoms with van der Waals surface area (Å²) in [5.74, 6) is -1.52. The summed E-state index contributed by atoms with van der Waals surface area (Å²) in [6.45, 7) is -0.125. The Balaban J connectivity index is 1.54. The SMILES string of the molecule is Cc1ccc(C(=O)Nc2ccc(OCC(F)(F)F)c(C(F)(F)F)c2)cc1Nc1nccc(-c2cccnc2)n1. The van der Waals surface area contributed by atoms with Crippen LogP contribution in [0.3, 0.4) is 0 Å². The van der Waals surface area contributed by atoms with Gasteiger partial charge in [-0.05, 0) is 61.0 Å². The number of nitrogens with one attached hydrogen (secondary N) is 2. The second-order valence-electron chi connectivity index (χ2n) is 8.23. The highest BCUT2D eigenvalue weighted by Gasteiger charge is 2.36. The van der Waals surface area contributed by atoms with Gasteiger partial charge in [-0.2, -0.15) is 26.3 Å². The maximum Gasteiger partial charge on any atom is 0.422 e. The second-order valence-corrected chi connectivity index (χ2v) is 8.23. The van der Waals surface area contributed by atoms with Crippen LogP contribution in [0.1, 0.15) is 21.5 Å². The highest BCUT2D eigenvalue weighted by atomic mass is 19.4. The van der Waals surface area contributed by atoms with Gasteiger partial charge in [-0.15, -0.1) is 0 Å². The van der Waals surface area contributed by atoms with Gasteiger partial charge in [0.05, 0.1) is 11.3 Å². The molecule has 4 rings (SSSR count). The number of rotatable bonds is 7. The summed E-state index contributed by atoms with van der Waals surface area (Å²) in [6, 6.07) is 12.1. The van der Waals surface area contributed by atoms with Crippen LogP contribution in [-0.2, 0) is 6.18 Å². The van der Waals surface area contributed by atoms with Gasteiger partial charge in [-0.3, -0.25) is 9.78 Å². The first-order chi connectivity index (χ1) is 18.4. The lowest BCUT2D eigenvalue weighted by molar-refractivity contribution is -0.158. The first-order valence-corrected chi connectivity index (χ1v) is 11.2. The van der Waals surface area contributed by atoms with E-state index in [0.717, 1.165) is 23.3 Å². The number of hydrogen-bond acceptors (Lipinski definition) is 6. The minimum absolute atomic E-state index is 0.0949. The largest absolute Gasteiger partial charge is 0.483 e. The number of nitrogens with zero attached hydrogens (tertiary/aromatic N) is 3. The summed E-state index contributed by atoms with van der Waals surface area (Å²) in [5, 5.41) is 5.35. The summed E-state index contributed by atoms with van der Waals surface area (Å²) < 4.78 is 81.9. The zero-order valence-corrected chi connectivity index (χ0v) is 20.1. The number of anilines is 3. The number of aromatic nitrogens is 3. The van der Waals surface area contributed by atoms with Crippen molar-refractivity contribution >= 4 is 23.2 Å². The normalized spacial score (nSPS) is 11.7. The van der Waals surface area contributed by atoms with Crippen LogP contribution in [0, 0.1) is 6.92 Å². The third kappa shape index (κ3) is 7.21. The Kier molecular flexibility index (Phi) is 7.70. The molecule has 39 heavy (non-hydrogen) atoms. The molecule has 0 saturated carbocycles. The summed E-state index contributed by atoms with van der Waals surface area (Å²) in [4.78, 5) is 25.5. The highest BCUT2D eigenvalue weighted by Crippen LogP contribution is 2.38. The molecule has 0 radical (unpaired) electrons. The molecule has 1 amide bonds. The van der Waals surface area contributed by atoms with Crippen molar-refractivity contribution in [3.63, 3.8) is 0 Å². The zero-order valence-electron chi connectivity index (χ0n) is 20.1. The minimum atomic E-state index is -5.02. The zero-order chi connectivity index (χ0) is 28.2. The van der Waals surface area contributed by atoms with Crippen molar-refractivity contribution in [2.45, 2.75) is 19.3 Å². The topological polar surface area (TPSA) is 89.0 Å². The molecule has 0 aliphatic heterocycles. The van der Waals surface area contributed by atoms with E-state index in [0.29, 0.717) is 17.4 Å². The first-order valence-electron chi connectivity index (χ1n) is 11.2. The monoisotopic (exact) mass is 547 g/mol. The van der Waals surface area contributed by atoms with Crippen LogP contribution >= 0.6 is 0 Å². The third-order valence-electron chi connectivity index (χ3n) is 5.29. The van der Waals surface area contributed by atoms with Gasteiger partial charge >= 0.3 is 12.4 Å². The van der Waals surface area contributed by atoms with E-state index in [4.69, 9.17) is 0 Å². The fraction of sp³-hybridized carbons (Fsp3) is 0.154. The molecule has 7 nitrogen and oxygen atoms in total. The quantitative estimate of drug-likeness (QED) is 0.247. The molecule has 0 aliphatic carbocycles. The van der Waals surface area contributed by atoms with Gasteiger partial charge in [0.15, 0.2) is 6.61 Å². The molecular formula is C26H19F6N5O2. The fourth-order valence-electron chi connectivity index (χ4n) is 3.43. The van der Waals surface area contributed by atoms with E-state index in [-0.39, 0.29) is 17.2 Å². The Bertz CT molecular complexity index is 1480. The Labute approximate surface area is 217 Å². The van der Waals surface area contributed by atoms with Gasteiger partial charge in [0.25, 0.3) is 5.91 Å². The van der Waals surface area contributed by atoms with Crippen LogP contribution in [0.25, 0.3) is 11.3 Å². The molecule has 0 bridgehead atoms. The van der Waals surface area contributed by atoms with Crippen molar-refractivity contribution in [3.05, 3.63) is 89.9 Å². The van der Waals surface area contributed by atoms with Crippen LogP contribution in [0.15, 0.2) is 73.2 Å². The highest BCUT2D eigenvalue weighted by molar-refractivity contribution is 6.05. The van der Waals surface area contributed by atoms with Crippen molar-refractivity contribution in [1.82, 2.24) is 15.0 Å². The predicted molar refractivity (Wildman–Crippen MR) is 131 cm³/mol. The molecule has 4 aromatic rings. The number of alkyl halides is 6. The van der Waals surface area contributed by atoms with E-state index in [9.17, 15) is 31.1 Å². The molecule has 0 saturated heterocycles. The van der Waals surface area contributed by atoms with Gasteiger partial charge in [0.1, 0.15) is 5.75 Å². The first kappa shape index (κ1) is 27.4. The maximum atomic E-state index is 13.5. The predicted octanol–water partition coefficient (Wildman–Crippen LogP) is 6.80. The minimum Gasteiger partial charge on any atom is -0.483 e. The average Bonchev–Trinajstić information content (AvgIpc) is 2.89. The van der Waals surface area contributed by atoms with Gasteiger partial charge in [0.2, 0.25) is 5.95 Å². The lowest BCUT2D eigenvalue weighted by Crippen LogP contribution is -2.21. The van der Waals surface area contributed by atoms with Gasteiger partial charge in [-0.1, -0.05) is 6.07 Å². The lowest BCUT2D eigenvalue weighted by Gasteiger charge is -2.17. The number of pyridine rings is 1. The molecule has 2 aromatic carbocycles. The van der Waals surface area contributed by atoms with Crippen LogP contribution in [-0.4, -0.2) is 33.6 Å². The van der Waals surface area contributed by atoms with E-state index >= 15 is 0 Å². The molecule has 2 aromatic heterocycles. The fourth-order valence-corrected chi connectivity index (χ4v) is 3.43. The van der Waals surface area contributed by atoms with E-state index in [2.05, 4.69) is 30.3 Å². The summed E-state index contributed by atoms with van der Waals surface area (Å²) >= 11 is 0. The molecular weight excluding hydrogens is 528 g/mol. The maximum absolute atomic E-state index is 13.5. The van der Waals surface area contributed by atoms with Crippen LogP contribution in [0.2, 0.25) is 0 Å². The smallest absolute Gasteiger partial charge is 0.422 e. The molecule has 0 spiro atoms. The standard InChI is InChI=1S/C26H19F6N5O2/c1-15-4-5-16(11-21(15)37-24-34-10-8-20(36-24)17-3-2-9-33-13-17)23(38)35-18-6-7-22(39-14-25(27,28)29)19(12-18)26(30,31)32/h2-13H,14H2,1H3,(H,35,38)(H,34,36,37). The van der Waals surface area contributed by atoms with E-state index in [1.54, 1.807) is 43.7 Å². The van der Waals surface area contributed by atoms with E-state index in [1.165, 1.54) is 12.1 Å². The van der Waals surface area contributed by atoms with Crippen molar-refractivity contribution < 1.29 is 35.9 Å². The number of carbonyl (C=O) groups excluding carboxylic acids is 1. The molecule has 13 heteroatoms. The summed E-state index contributed by atoms with van der Waals surface area (Å²) in [7, 11) is 0. The number of ether oxygens (including phenoxy) is 1. The number of carbonyl (C=O) groups is 1. The molecule has 0 fully saturated rings. The van der Waals surface area contributed by atoms with Crippen molar-refractivity contribution in [1.29, 1.82) is 0 Å². The van der Waals surface area contributed by atoms with Crippen LogP contribution in [0.5, 0.6) is 5.75 Å². The Morgan fingerprint density at radius 1 is 0.974 bits per heavy atom. The lowest BCUT2D eigenvalue weighted by atomic mass is 10.1. The second kappa shape index (κ2) is 11.0. The summed E-state index contributed by atoms with van der Waals surface area (Å²) in [5.41, 5.74) is 0.926. The van der Waals surface area contributed by atoms with E-state index < -0.39 is 36.2 Å². The molecule has 2 N–H and O–H groups in total. The van der Waals surface area contributed by atoms with Gasteiger partial charge in [0, 0.05) is 41.1 Å². The number of benzene rings is 2. The van der Waals surface area contributed by atoms with Crippen molar-refractivity contribution in [2.24, 2.45) is 0 Å². The molecule has 0 unspecified atom stereocenters. The van der Waals surface area contributed by atoms with E-state index in [1.807, 2.05) is 6.07 Å². The number of amides is 1. The number of hydrogen-bond donors (Lipinski definition) is 2. The van der Waals surface area contributed by atoms with Crippen molar-refractivity contribution in [2.75, 3.05) is 17.2 Å². The molecule has 0 aliphatic rings. The van der Waals surface area contributed by atoms with Crippen LogP contribution in [0.4, 0.5) is 43.7 Å². The number of aryl methyl sites for hydroxylation is 1. The molecule has 2 heterocycles. The third-order valence-corrected chi connectivity index (χ3v) is 5.29. The average molecular weight is 547 g/mol.